The quantitative estimate of drug-likeness (QED) is 0.783. The number of rotatable bonds is 1. The second-order valence-corrected chi connectivity index (χ2v) is 6.32. The summed E-state index contributed by atoms with van der Waals surface area (Å²) in [6.45, 7) is 0. The minimum Gasteiger partial charge on any atom is -0.295 e. The molecule has 2 aliphatic heterocycles. The maximum atomic E-state index is 12.7. The molecule has 6 heteroatoms. The molecule has 1 atom stereocenters. The molecule has 1 saturated heterocycles. The first-order valence-electron chi connectivity index (χ1n) is 7.93. The molecule has 1 aliphatic carbocycles. The zero-order valence-corrected chi connectivity index (χ0v) is 12.6. The van der Waals surface area contributed by atoms with E-state index in [9.17, 15) is 19.2 Å². The molecule has 0 radical (unpaired) electrons. The molecule has 1 fully saturated rings. The van der Waals surface area contributed by atoms with Crippen LogP contribution in [0.5, 0.6) is 0 Å². The molecule has 1 aromatic rings. The van der Waals surface area contributed by atoms with Crippen molar-refractivity contribution in [3.8, 4) is 0 Å². The molecular weight excluding hydrogens is 296 g/mol. The highest BCUT2D eigenvalue weighted by molar-refractivity contribution is 6.23. The Bertz CT molecular complexity index is 723. The smallest absolute Gasteiger partial charge is 0.262 e. The third-order valence-corrected chi connectivity index (χ3v) is 4.90. The molecule has 4 rings (SSSR count). The van der Waals surface area contributed by atoms with E-state index in [1.807, 2.05) is 12.1 Å². The monoisotopic (exact) mass is 312 g/mol. The van der Waals surface area contributed by atoms with Gasteiger partial charge in [-0.1, -0.05) is 0 Å². The van der Waals surface area contributed by atoms with Gasteiger partial charge in [0.2, 0.25) is 11.8 Å². The van der Waals surface area contributed by atoms with Crippen LogP contribution >= 0.6 is 0 Å². The molecule has 1 unspecified atom stereocenters. The SMILES string of the molecule is O=C1CCC(N2C(=O)c3cc4c(cc3C2=O)CCCC4)C(=O)N1. The largest absolute Gasteiger partial charge is 0.295 e. The van der Waals surface area contributed by atoms with Crippen LogP contribution in [0.25, 0.3) is 0 Å². The molecule has 0 spiro atoms. The van der Waals surface area contributed by atoms with Crippen LogP contribution in [-0.2, 0) is 22.4 Å². The standard InChI is InChI=1S/C17H16N2O4/c20-14-6-5-13(15(21)18-14)19-16(22)11-7-9-3-1-2-4-10(9)8-12(11)17(19)23/h7-8,13H,1-6H2,(H,18,20,21). The Morgan fingerprint density at radius 2 is 1.43 bits per heavy atom. The Labute approximate surface area is 132 Å². The molecule has 2 heterocycles. The number of amides is 4. The molecule has 0 bridgehead atoms. The molecule has 3 aliphatic rings. The molecular formula is C17H16N2O4. The first kappa shape index (κ1) is 14.1. The molecule has 23 heavy (non-hydrogen) atoms. The average molecular weight is 312 g/mol. The van der Waals surface area contributed by atoms with Crippen LogP contribution in [-0.4, -0.2) is 34.6 Å². The summed E-state index contributed by atoms with van der Waals surface area (Å²) >= 11 is 0. The normalized spacial score (nSPS) is 23.7. The number of piperidine rings is 1. The van der Waals surface area contributed by atoms with Crippen molar-refractivity contribution in [3.05, 3.63) is 34.4 Å². The van der Waals surface area contributed by atoms with Gasteiger partial charge in [0.1, 0.15) is 6.04 Å². The van der Waals surface area contributed by atoms with Gasteiger partial charge < -0.3 is 0 Å². The van der Waals surface area contributed by atoms with Crippen LogP contribution in [0.3, 0.4) is 0 Å². The third kappa shape index (κ3) is 2.09. The first-order valence-corrected chi connectivity index (χ1v) is 7.93. The Kier molecular flexibility index (Phi) is 3.07. The van der Waals surface area contributed by atoms with Gasteiger partial charge in [0.15, 0.2) is 0 Å². The highest BCUT2D eigenvalue weighted by atomic mass is 16.2. The van der Waals surface area contributed by atoms with Gasteiger partial charge in [-0.2, -0.15) is 0 Å². The van der Waals surface area contributed by atoms with Crippen molar-refractivity contribution >= 4 is 23.6 Å². The van der Waals surface area contributed by atoms with E-state index >= 15 is 0 Å². The van der Waals surface area contributed by atoms with Crippen LogP contribution in [0.15, 0.2) is 12.1 Å². The summed E-state index contributed by atoms with van der Waals surface area (Å²) in [5.41, 5.74) is 3.03. The van der Waals surface area contributed by atoms with Gasteiger partial charge in [-0.3, -0.25) is 29.4 Å². The summed E-state index contributed by atoms with van der Waals surface area (Å²) in [6.07, 6.45) is 4.34. The number of hydrogen-bond acceptors (Lipinski definition) is 4. The van der Waals surface area contributed by atoms with E-state index in [0.29, 0.717) is 11.1 Å². The van der Waals surface area contributed by atoms with Crippen molar-refractivity contribution < 1.29 is 19.2 Å². The van der Waals surface area contributed by atoms with Crippen molar-refractivity contribution in [1.29, 1.82) is 0 Å². The highest BCUT2D eigenvalue weighted by Crippen LogP contribution is 2.32. The lowest BCUT2D eigenvalue weighted by molar-refractivity contribution is -0.136. The molecule has 4 amide bonds. The third-order valence-electron chi connectivity index (χ3n) is 4.90. The van der Waals surface area contributed by atoms with Gasteiger partial charge in [0.05, 0.1) is 11.1 Å². The van der Waals surface area contributed by atoms with E-state index in [1.54, 1.807) is 0 Å². The zero-order chi connectivity index (χ0) is 16.1. The zero-order valence-electron chi connectivity index (χ0n) is 12.6. The highest BCUT2D eigenvalue weighted by Gasteiger charge is 2.44. The predicted molar refractivity (Wildman–Crippen MR) is 79.8 cm³/mol. The summed E-state index contributed by atoms with van der Waals surface area (Å²) in [7, 11) is 0. The average Bonchev–Trinajstić information content (AvgIpc) is 2.77. The van der Waals surface area contributed by atoms with Gasteiger partial charge in [0.25, 0.3) is 11.8 Å². The number of nitrogens with one attached hydrogen (secondary N) is 1. The number of hydrogen-bond donors (Lipinski definition) is 1. The minimum atomic E-state index is -0.892. The maximum absolute atomic E-state index is 12.7. The number of benzene rings is 1. The summed E-state index contributed by atoms with van der Waals surface area (Å²) in [5, 5.41) is 2.21. The van der Waals surface area contributed by atoms with Crippen molar-refractivity contribution in [2.75, 3.05) is 0 Å². The number of fused-ring (bicyclic) bond motifs is 2. The van der Waals surface area contributed by atoms with E-state index in [4.69, 9.17) is 0 Å². The molecule has 1 aromatic carbocycles. The van der Waals surface area contributed by atoms with E-state index in [1.165, 1.54) is 0 Å². The molecule has 0 aromatic heterocycles. The summed E-state index contributed by atoms with van der Waals surface area (Å²) in [5.74, 6) is -1.78. The topological polar surface area (TPSA) is 83.6 Å². The van der Waals surface area contributed by atoms with Gasteiger partial charge in [-0.15, -0.1) is 0 Å². The van der Waals surface area contributed by atoms with E-state index in [-0.39, 0.29) is 18.7 Å². The Balaban J connectivity index is 1.72. The predicted octanol–water partition coefficient (Wildman–Crippen LogP) is 0.967. The number of imide groups is 2. The second-order valence-electron chi connectivity index (χ2n) is 6.32. The number of aryl methyl sites for hydroxylation is 2. The van der Waals surface area contributed by atoms with Crippen molar-refractivity contribution in [2.45, 2.75) is 44.6 Å². The van der Waals surface area contributed by atoms with Crippen molar-refractivity contribution in [2.24, 2.45) is 0 Å². The fraction of sp³-hybridized carbons (Fsp3) is 0.412. The van der Waals surface area contributed by atoms with Gasteiger partial charge in [-0.25, -0.2) is 0 Å². The van der Waals surface area contributed by atoms with Crippen LogP contribution in [0.2, 0.25) is 0 Å². The van der Waals surface area contributed by atoms with Crippen molar-refractivity contribution in [1.82, 2.24) is 10.2 Å². The fourth-order valence-corrected chi connectivity index (χ4v) is 3.70. The molecule has 0 saturated carbocycles. The van der Waals surface area contributed by atoms with Crippen LogP contribution in [0, 0.1) is 0 Å². The van der Waals surface area contributed by atoms with E-state index in [0.717, 1.165) is 41.7 Å². The van der Waals surface area contributed by atoms with Crippen LogP contribution in [0.1, 0.15) is 57.5 Å². The summed E-state index contributed by atoms with van der Waals surface area (Å²) in [6, 6.07) is 2.74. The number of carbonyl (C=O) groups excluding carboxylic acids is 4. The number of nitrogens with zero attached hydrogens (tertiary/aromatic N) is 1. The fourth-order valence-electron chi connectivity index (χ4n) is 3.70. The first-order chi connectivity index (χ1) is 11.1. The minimum absolute atomic E-state index is 0.139. The van der Waals surface area contributed by atoms with Gasteiger partial charge in [0, 0.05) is 6.42 Å². The van der Waals surface area contributed by atoms with Gasteiger partial charge >= 0.3 is 0 Å². The second kappa shape index (κ2) is 5.01. The molecule has 6 nitrogen and oxygen atoms in total. The lowest BCUT2D eigenvalue weighted by Crippen LogP contribution is -2.54. The van der Waals surface area contributed by atoms with Crippen LogP contribution in [0.4, 0.5) is 0 Å². The lowest BCUT2D eigenvalue weighted by atomic mass is 9.88. The van der Waals surface area contributed by atoms with Crippen LogP contribution < -0.4 is 5.32 Å². The molecule has 118 valence electrons. The summed E-state index contributed by atoms with van der Waals surface area (Å²) in [4.78, 5) is 49.6. The Morgan fingerprint density at radius 3 is 1.96 bits per heavy atom. The van der Waals surface area contributed by atoms with E-state index in [2.05, 4.69) is 5.32 Å². The van der Waals surface area contributed by atoms with Gasteiger partial charge in [-0.05, 0) is 55.4 Å². The lowest BCUT2D eigenvalue weighted by Gasteiger charge is -2.27. The van der Waals surface area contributed by atoms with E-state index < -0.39 is 23.8 Å². The van der Waals surface area contributed by atoms with Crippen molar-refractivity contribution in [3.63, 3.8) is 0 Å². The molecule has 1 N–H and O–H groups in total. The Morgan fingerprint density at radius 1 is 0.870 bits per heavy atom. The summed E-state index contributed by atoms with van der Waals surface area (Å²) < 4.78 is 0. The maximum Gasteiger partial charge on any atom is 0.262 e. The Hall–Kier alpha value is -2.50. The number of carbonyl (C=O) groups is 4.